The minimum atomic E-state index is -0.465. The number of methoxy groups -OCH3 is 1. The number of hydrogen-bond acceptors (Lipinski definition) is 4. The van der Waals surface area contributed by atoms with E-state index in [1.54, 1.807) is 18.2 Å². The normalized spacial score (nSPS) is 10.1. The average molecular weight is 339 g/mol. The average Bonchev–Trinajstić information content (AvgIpc) is 2.54. The molecule has 0 saturated heterocycles. The number of ether oxygens (including phenoxy) is 1. The van der Waals surface area contributed by atoms with E-state index in [-0.39, 0.29) is 18.0 Å². The van der Waals surface area contributed by atoms with Gasteiger partial charge in [0.2, 0.25) is 0 Å². The smallest absolute Gasteiger partial charge is 0.337 e. The predicted octanol–water partition coefficient (Wildman–Crippen LogP) is 3.11. The third kappa shape index (κ3) is 3.96. The Balaban J connectivity index is 2.08. The first-order valence-electron chi connectivity index (χ1n) is 6.27. The van der Waals surface area contributed by atoms with Crippen LogP contribution in [0.4, 0.5) is 0 Å². The number of halogens is 2. The van der Waals surface area contributed by atoms with Crippen molar-refractivity contribution >= 4 is 35.1 Å². The van der Waals surface area contributed by atoms with Gasteiger partial charge in [-0.15, -0.1) is 0 Å². The van der Waals surface area contributed by atoms with Crippen molar-refractivity contribution in [3.05, 3.63) is 63.4 Å². The van der Waals surface area contributed by atoms with Crippen LogP contribution in [0, 0.1) is 0 Å². The summed E-state index contributed by atoms with van der Waals surface area (Å²) in [6.45, 7) is 0.145. The molecule has 1 amide bonds. The highest BCUT2D eigenvalue weighted by molar-refractivity contribution is 6.35. The van der Waals surface area contributed by atoms with Gasteiger partial charge in [0.15, 0.2) is 0 Å². The first kappa shape index (κ1) is 16.3. The van der Waals surface area contributed by atoms with E-state index in [0.29, 0.717) is 21.3 Å². The maximum Gasteiger partial charge on any atom is 0.337 e. The highest BCUT2D eigenvalue weighted by Crippen LogP contribution is 2.20. The van der Waals surface area contributed by atoms with Crippen LogP contribution in [0.3, 0.4) is 0 Å². The van der Waals surface area contributed by atoms with E-state index >= 15 is 0 Å². The van der Waals surface area contributed by atoms with Crippen molar-refractivity contribution in [2.24, 2.45) is 0 Å². The molecule has 0 saturated carbocycles. The maximum absolute atomic E-state index is 12.1. The van der Waals surface area contributed by atoms with Crippen LogP contribution in [0.15, 0.2) is 36.5 Å². The molecule has 0 aliphatic heterocycles. The molecule has 0 unspecified atom stereocenters. The predicted molar refractivity (Wildman–Crippen MR) is 83.2 cm³/mol. The zero-order valence-corrected chi connectivity index (χ0v) is 13.1. The van der Waals surface area contributed by atoms with Crippen LogP contribution in [0.2, 0.25) is 10.0 Å². The third-order valence-corrected chi connectivity index (χ3v) is 3.41. The zero-order chi connectivity index (χ0) is 16.1. The van der Waals surface area contributed by atoms with Crippen LogP contribution >= 0.6 is 23.2 Å². The van der Waals surface area contributed by atoms with Gasteiger partial charge in [-0.1, -0.05) is 23.2 Å². The number of hydrogen-bond donors (Lipinski definition) is 1. The van der Waals surface area contributed by atoms with Crippen molar-refractivity contribution in [1.29, 1.82) is 0 Å². The molecule has 2 aromatic rings. The van der Waals surface area contributed by atoms with Gasteiger partial charge in [0, 0.05) is 11.2 Å². The highest BCUT2D eigenvalue weighted by Gasteiger charge is 2.12. The third-order valence-electron chi connectivity index (χ3n) is 2.84. The molecule has 2 rings (SSSR count). The summed E-state index contributed by atoms with van der Waals surface area (Å²) in [5.41, 5.74) is 1.16. The molecule has 0 fully saturated rings. The maximum atomic E-state index is 12.1. The van der Waals surface area contributed by atoms with Gasteiger partial charge in [-0.2, -0.15) is 0 Å². The summed E-state index contributed by atoms with van der Waals surface area (Å²) in [6.07, 6.45) is 1.47. The molecule has 0 radical (unpaired) electrons. The standard InChI is InChI=1S/C15H12Cl2N2O3/c1-22-15(21)9-4-5-18-11(6-9)8-19-14(20)12-7-10(16)2-3-13(12)17/h2-7H,8H2,1H3,(H,19,20). The molecule has 5 nitrogen and oxygen atoms in total. The first-order valence-corrected chi connectivity index (χ1v) is 7.03. The number of carbonyl (C=O) groups excluding carboxylic acids is 2. The summed E-state index contributed by atoms with van der Waals surface area (Å²) in [4.78, 5) is 27.6. The van der Waals surface area contributed by atoms with Crippen LogP contribution in [0.5, 0.6) is 0 Å². The molecular weight excluding hydrogens is 327 g/mol. The minimum absolute atomic E-state index is 0.145. The second-order valence-electron chi connectivity index (χ2n) is 4.33. The quantitative estimate of drug-likeness (QED) is 0.869. The lowest BCUT2D eigenvalue weighted by molar-refractivity contribution is 0.0600. The summed E-state index contributed by atoms with van der Waals surface area (Å²) in [5, 5.41) is 3.39. The van der Waals surface area contributed by atoms with Gasteiger partial charge in [-0.05, 0) is 30.3 Å². The lowest BCUT2D eigenvalue weighted by Gasteiger charge is -2.07. The van der Waals surface area contributed by atoms with Gasteiger partial charge >= 0.3 is 5.97 Å². The number of carbonyl (C=O) groups is 2. The van der Waals surface area contributed by atoms with Crippen LogP contribution in [-0.4, -0.2) is 24.0 Å². The fraction of sp³-hybridized carbons (Fsp3) is 0.133. The van der Waals surface area contributed by atoms with Crippen LogP contribution < -0.4 is 5.32 Å². The molecule has 0 aliphatic carbocycles. The van der Waals surface area contributed by atoms with Gasteiger partial charge in [-0.25, -0.2) is 4.79 Å². The molecule has 0 spiro atoms. The van der Waals surface area contributed by atoms with Crippen LogP contribution in [0.25, 0.3) is 0 Å². The fourth-order valence-corrected chi connectivity index (χ4v) is 2.13. The highest BCUT2D eigenvalue weighted by atomic mass is 35.5. The van der Waals surface area contributed by atoms with Crippen molar-refractivity contribution in [2.45, 2.75) is 6.54 Å². The van der Waals surface area contributed by atoms with E-state index in [0.717, 1.165) is 0 Å². The van der Waals surface area contributed by atoms with E-state index in [1.807, 2.05) is 0 Å². The Kier molecular flexibility index (Phi) is 5.35. The molecule has 7 heteroatoms. The van der Waals surface area contributed by atoms with Crippen molar-refractivity contribution < 1.29 is 14.3 Å². The van der Waals surface area contributed by atoms with Gasteiger partial charge in [-0.3, -0.25) is 9.78 Å². The number of pyridine rings is 1. The molecule has 1 N–H and O–H groups in total. The first-order chi connectivity index (χ1) is 10.5. The van der Waals surface area contributed by atoms with Crippen molar-refractivity contribution in [3.8, 4) is 0 Å². The summed E-state index contributed by atoms with van der Waals surface area (Å²) >= 11 is 11.8. The Hall–Kier alpha value is -2.11. The number of benzene rings is 1. The van der Waals surface area contributed by atoms with Gasteiger partial charge < -0.3 is 10.1 Å². The Bertz CT molecular complexity index is 720. The van der Waals surface area contributed by atoms with E-state index in [9.17, 15) is 9.59 Å². The molecule has 0 aliphatic rings. The van der Waals surface area contributed by atoms with E-state index in [4.69, 9.17) is 23.2 Å². The molecule has 1 heterocycles. The van der Waals surface area contributed by atoms with Gasteiger partial charge in [0.1, 0.15) is 0 Å². The molecule has 0 bridgehead atoms. The monoisotopic (exact) mass is 338 g/mol. The Morgan fingerprint density at radius 3 is 2.73 bits per heavy atom. The lowest BCUT2D eigenvalue weighted by Crippen LogP contribution is -2.23. The van der Waals surface area contributed by atoms with Crippen LogP contribution in [0.1, 0.15) is 26.4 Å². The second kappa shape index (κ2) is 7.24. The van der Waals surface area contributed by atoms with E-state index < -0.39 is 5.97 Å². The SMILES string of the molecule is COC(=O)c1ccnc(CNC(=O)c2cc(Cl)ccc2Cl)c1. The number of aromatic nitrogens is 1. The Morgan fingerprint density at radius 2 is 2.00 bits per heavy atom. The summed E-state index contributed by atoms with van der Waals surface area (Å²) in [6, 6.07) is 7.71. The van der Waals surface area contributed by atoms with Crippen LogP contribution in [-0.2, 0) is 11.3 Å². The van der Waals surface area contributed by atoms with Crippen molar-refractivity contribution in [2.75, 3.05) is 7.11 Å². The molecule has 1 aromatic heterocycles. The zero-order valence-electron chi connectivity index (χ0n) is 11.6. The molecule has 0 atom stereocenters. The van der Waals surface area contributed by atoms with Crippen molar-refractivity contribution in [3.63, 3.8) is 0 Å². The van der Waals surface area contributed by atoms with E-state index in [1.165, 1.54) is 25.4 Å². The number of nitrogens with one attached hydrogen (secondary N) is 1. The van der Waals surface area contributed by atoms with E-state index in [2.05, 4.69) is 15.0 Å². The molecule has 22 heavy (non-hydrogen) atoms. The molecule has 114 valence electrons. The molecule has 1 aromatic carbocycles. The van der Waals surface area contributed by atoms with Gasteiger partial charge in [0.05, 0.1) is 35.5 Å². The number of rotatable bonds is 4. The second-order valence-corrected chi connectivity index (χ2v) is 5.18. The lowest BCUT2D eigenvalue weighted by atomic mass is 10.2. The number of nitrogens with zero attached hydrogens (tertiary/aromatic N) is 1. The fourth-order valence-electron chi connectivity index (χ4n) is 1.76. The number of amides is 1. The number of esters is 1. The summed E-state index contributed by atoms with van der Waals surface area (Å²) in [7, 11) is 1.30. The Labute approximate surface area is 137 Å². The minimum Gasteiger partial charge on any atom is -0.465 e. The largest absolute Gasteiger partial charge is 0.465 e. The topological polar surface area (TPSA) is 68.3 Å². The summed E-state index contributed by atoms with van der Waals surface area (Å²) < 4.78 is 4.63. The van der Waals surface area contributed by atoms with Gasteiger partial charge in [0.25, 0.3) is 5.91 Å². The summed E-state index contributed by atoms with van der Waals surface area (Å²) in [5.74, 6) is -0.842. The Morgan fingerprint density at radius 1 is 1.23 bits per heavy atom. The molecular formula is C15H12Cl2N2O3. The van der Waals surface area contributed by atoms with Crippen molar-refractivity contribution in [1.82, 2.24) is 10.3 Å².